The maximum atomic E-state index is 11.2. The molecule has 0 radical (unpaired) electrons. The van der Waals surface area contributed by atoms with E-state index >= 15 is 0 Å². The normalized spacial score (nSPS) is 31.4. The van der Waals surface area contributed by atoms with Gasteiger partial charge in [0.1, 0.15) is 0 Å². The van der Waals surface area contributed by atoms with Crippen LogP contribution in [-0.4, -0.2) is 10.2 Å². The smallest absolute Gasteiger partial charge is 0.0953 e. The summed E-state index contributed by atoms with van der Waals surface area (Å²) in [5.41, 5.74) is -0.187. The summed E-state index contributed by atoms with van der Waals surface area (Å²) in [7, 11) is 0. The molecule has 1 aliphatic rings. The maximum Gasteiger partial charge on any atom is 0.0953 e. The second kappa shape index (κ2) is 6.03. The van der Waals surface area contributed by atoms with Crippen molar-refractivity contribution in [2.24, 2.45) is 5.92 Å². The lowest BCUT2D eigenvalue weighted by molar-refractivity contribution is -0.0736. The Labute approximate surface area is 158 Å². The van der Waals surface area contributed by atoms with E-state index in [9.17, 15) is 10.2 Å². The summed E-state index contributed by atoms with van der Waals surface area (Å²) in [4.78, 5) is 0. The Morgan fingerprint density at radius 3 is 1.41 bits per heavy atom. The standard InChI is InChI=1S/C18H18I2O2/c1-12-17(21,13-2-6-15(19)7-3-13)10-11-18(12,22)14-4-8-16(20)9-5-14/h2-9,12,21-22H,10-11H2,1H3/t12?,17-,18+. The molecule has 0 saturated heterocycles. The van der Waals surface area contributed by atoms with Crippen molar-refractivity contribution in [1.82, 2.24) is 0 Å². The summed E-state index contributed by atoms with van der Waals surface area (Å²) < 4.78 is 2.28. The van der Waals surface area contributed by atoms with Gasteiger partial charge in [-0.15, -0.1) is 0 Å². The number of aliphatic hydroxyl groups is 2. The SMILES string of the molecule is CC1[C@](O)(c2ccc(I)cc2)CC[C@]1(O)c1ccc(I)cc1. The molecule has 3 rings (SSSR count). The Kier molecular flexibility index (Phi) is 4.57. The van der Waals surface area contributed by atoms with E-state index in [0.717, 1.165) is 18.3 Å². The van der Waals surface area contributed by atoms with Crippen molar-refractivity contribution < 1.29 is 10.2 Å². The summed E-state index contributed by atoms with van der Waals surface area (Å²) >= 11 is 4.51. The van der Waals surface area contributed by atoms with Crippen molar-refractivity contribution in [3.63, 3.8) is 0 Å². The van der Waals surface area contributed by atoms with Crippen LogP contribution < -0.4 is 0 Å². The van der Waals surface area contributed by atoms with Crippen LogP contribution in [0.25, 0.3) is 0 Å². The molecule has 1 unspecified atom stereocenters. The zero-order valence-electron chi connectivity index (χ0n) is 12.3. The fourth-order valence-electron chi connectivity index (χ4n) is 3.47. The molecule has 1 fully saturated rings. The van der Waals surface area contributed by atoms with Crippen LogP contribution in [0.1, 0.15) is 30.9 Å². The largest absolute Gasteiger partial charge is 0.385 e. The second-order valence-corrected chi connectivity index (χ2v) is 8.58. The molecular formula is C18H18I2O2. The number of hydrogen-bond acceptors (Lipinski definition) is 2. The summed E-state index contributed by atoms with van der Waals surface area (Å²) in [5.74, 6) is -0.264. The van der Waals surface area contributed by atoms with E-state index in [1.54, 1.807) is 0 Å². The fraction of sp³-hybridized carbons (Fsp3) is 0.333. The van der Waals surface area contributed by atoms with Gasteiger partial charge in [0.25, 0.3) is 0 Å². The third-order valence-corrected chi connectivity index (χ3v) is 6.45. The molecule has 0 bridgehead atoms. The molecule has 2 nitrogen and oxygen atoms in total. The summed E-state index contributed by atoms with van der Waals surface area (Å²) in [6.07, 6.45) is 1.13. The van der Waals surface area contributed by atoms with Gasteiger partial charge in [-0.05, 0) is 93.4 Å². The van der Waals surface area contributed by atoms with Crippen LogP contribution in [0.2, 0.25) is 0 Å². The first kappa shape index (κ1) is 16.7. The highest BCUT2D eigenvalue weighted by Gasteiger charge is 2.54. The highest BCUT2D eigenvalue weighted by Crippen LogP contribution is 2.53. The Bertz CT molecular complexity index is 609. The molecule has 0 heterocycles. The Morgan fingerprint density at radius 1 is 0.773 bits per heavy atom. The van der Waals surface area contributed by atoms with Crippen molar-refractivity contribution in [2.75, 3.05) is 0 Å². The molecule has 0 spiro atoms. The van der Waals surface area contributed by atoms with Crippen LogP contribution in [0, 0.1) is 13.1 Å². The van der Waals surface area contributed by atoms with Crippen LogP contribution in [0.3, 0.4) is 0 Å². The van der Waals surface area contributed by atoms with Gasteiger partial charge in [-0.25, -0.2) is 0 Å². The third-order valence-electron chi connectivity index (χ3n) is 5.01. The minimum Gasteiger partial charge on any atom is -0.385 e. The molecule has 2 aromatic carbocycles. The van der Waals surface area contributed by atoms with Crippen molar-refractivity contribution in [1.29, 1.82) is 0 Å². The van der Waals surface area contributed by atoms with Crippen LogP contribution in [-0.2, 0) is 11.2 Å². The minimum absolute atomic E-state index is 0.264. The molecule has 22 heavy (non-hydrogen) atoms. The van der Waals surface area contributed by atoms with E-state index in [0.29, 0.717) is 12.8 Å². The van der Waals surface area contributed by atoms with Crippen molar-refractivity contribution in [3.05, 3.63) is 66.8 Å². The monoisotopic (exact) mass is 520 g/mol. The molecule has 2 N–H and O–H groups in total. The molecule has 0 aliphatic heterocycles. The van der Waals surface area contributed by atoms with E-state index in [1.807, 2.05) is 55.5 Å². The highest BCUT2D eigenvalue weighted by molar-refractivity contribution is 14.1. The molecule has 2 aromatic rings. The quantitative estimate of drug-likeness (QED) is 0.577. The van der Waals surface area contributed by atoms with Gasteiger partial charge in [0.2, 0.25) is 0 Å². The fourth-order valence-corrected chi connectivity index (χ4v) is 4.19. The molecule has 4 heteroatoms. The average Bonchev–Trinajstić information content (AvgIpc) is 2.75. The molecule has 1 saturated carbocycles. The number of halogens is 2. The van der Waals surface area contributed by atoms with Gasteiger partial charge in [0.05, 0.1) is 11.2 Å². The van der Waals surface area contributed by atoms with Gasteiger partial charge >= 0.3 is 0 Å². The van der Waals surface area contributed by atoms with Crippen molar-refractivity contribution in [2.45, 2.75) is 31.0 Å². The lowest BCUT2D eigenvalue weighted by Gasteiger charge is -2.35. The Balaban J connectivity index is 1.98. The summed E-state index contributed by atoms with van der Waals surface area (Å²) in [6, 6.07) is 15.9. The molecule has 116 valence electrons. The van der Waals surface area contributed by atoms with E-state index < -0.39 is 11.2 Å². The van der Waals surface area contributed by atoms with E-state index in [2.05, 4.69) is 45.2 Å². The number of benzene rings is 2. The van der Waals surface area contributed by atoms with Gasteiger partial charge in [0.15, 0.2) is 0 Å². The zero-order chi connectivity index (χ0) is 16.0. The first-order valence-electron chi connectivity index (χ1n) is 7.33. The number of rotatable bonds is 2. The maximum absolute atomic E-state index is 11.2. The predicted octanol–water partition coefficient (Wildman–Crippen LogP) is 4.40. The first-order valence-corrected chi connectivity index (χ1v) is 9.49. The average molecular weight is 520 g/mol. The van der Waals surface area contributed by atoms with E-state index in [4.69, 9.17) is 0 Å². The molecular weight excluding hydrogens is 502 g/mol. The summed E-state index contributed by atoms with van der Waals surface area (Å²) in [6.45, 7) is 1.95. The van der Waals surface area contributed by atoms with Crippen molar-refractivity contribution >= 4 is 45.2 Å². The van der Waals surface area contributed by atoms with Gasteiger partial charge in [0, 0.05) is 13.1 Å². The minimum atomic E-state index is -0.984. The Hall–Kier alpha value is -0.180. The molecule has 1 aliphatic carbocycles. The molecule has 3 atom stereocenters. The second-order valence-electron chi connectivity index (χ2n) is 6.08. The van der Waals surface area contributed by atoms with Crippen LogP contribution in [0.5, 0.6) is 0 Å². The van der Waals surface area contributed by atoms with Crippen LogP contribution in [0.4, 0.5) is 0 Å². The van der Waals surface area contributed by atoms with Gasteiger partial charge in [-0.2, -0.15) is 0 Å². The van der Waals surface area contributed by atoms with Crippen LogP contribution >= 0.6 is 45.2 Å². The molecule has 0 aromatic heterocycles. The van der Waals surface area contributed by atoms with Crippen LogP contribution in [0.15, 0.2) is 48.5 Å². The predicted molar refractivity (Wildman–Crippen MR) is 105 cm³/mol. The topological polar surface area (TPSA) is 40.5 Å². The lowest BCUT2D eigenvalue weighted by atomic mass is 9.77. The zero-order valence-corrected chi connectivity index (χ0v) is 16.6. The summed E-state index contributed by atoms with van der Waals surface area (Å²) in [5, 5.41) is 22.4. The first-order chi connectivity index (χ1) is 10.4. The lowest BCUT2D eigenvalue weighted by Crippen LogP contribution is -2.38. The van der Waals surface area contributed by atoms with Gasteiger partial charge < -0.3 is 10.2 Å². The highest BCUT2D eigenvalue weighted by atomic mass is 127. The third kappa shape index (κ3) is 2.72. The van der Waals surface area contributed by atoms with Gasteiger partial charge in [-0.3, -0.25) is 0 Å². The number of hydrogen-bond donors (Lipinski definition) is 2. The van der Waals surface area contributed by atoms with Crippen molar-refractivity contribution in [3.8, 4) is 0 Å². The Morgan fingerprint density at radius 2 is 1.09 bits per heavy atom. The van der Waals surface area contributed by atoms with E-state index in [1.165, 1.54) is 0 Å². The molecule has 0 amide bonds. The van der Waals surface area contributed by atoms with Gasteiger partial charge in [-0.1, -0.05) is 31.2 Å². The van der Waals surface area contributed by atoms with E-state index in [-0.39, 0.29) is 5.92 Å².